The number of hydrogen-bond donors (Lipinski definition) is 1. The second kappa shape index (κ2) is 6.41. The minimum absolute atomic E-state index is 0.0639. The molecule has 0 aliphatic carbocycles. The van der Waals surface area contributed by atoms with Crippen molar-refractivity contribution in [2.45, 2.75) is 6.54 Å². The van der Waals surface area contributed by atoms with Crippen molar-refractivity contribution >= 4 is 16.6 Å². The molecule has 1 fully saturated rings. The second-order valence-corrected chi connectivity index (χ2v) is 6.00. The molecule has 6 nitrogen and oxygen atoms in total. The van der Waals surface area contributed by atoms with Gasteiger partial charge < -0.3 is 9.88 Å². The van der Waals surface area contributed by atoms with Crippen LogP contribution in [-0.4, -0.2) is 46.0 Å². The average molecular weight is 321 g/mol. The zero-order chi connectivity index (χ0) is 16.4. The van der Waals surface area contributed by atoms with Gasteiger partial charge in [0.2, 0.25) is 0 Å². The van der Waals surface area contributed by atoms with Crippen molar-refractivity contribution in [3.05, 3.63) is 65.0 Å². The molecule has 1 aromatic carbocycles. The fourth-order valence-corrected chi connectivity index (χ4v) is 3.14. The monoisotopic (exact) mass is 321 g/mol. The molecule has 1 aliphatic rings. The van der Waals surface area contributed by atoms with Gasteiger partial charge in [-0.25, -0.2) is 4.98 Å². The largest absolute Gasteiger partial charge is 0.369 e. The van der Waals surface area contributed by atoms with E-state index in [2.05, 4.69) is 24.8 Å². The maximum Gasteiger partial charge on any atom is 0.258 e. The maximum absolute atomic E-state index is 12.2. The Bertz CT molecular complexity index is 885. The van der Waals surface area contributed by atoms with Crippen LogP contribution in [0.15, 0.2) is 53.6 Å². The van der Waals surface area contributed by atoms with Gasteiger partial charge in [-0.1, -0.05) is 12.1 Å². The van der Waals surface area contributed by atoms with Crippen molar-refractivity contribution in [1.29, 1.82) is 0 Å². The number of para-hydroxylation sites is 1. The van der Waals surface area contributed by atoms with E-state index >= 15 is 0 Å². The summed E-state index contributed by atoms with van der Waals surface area (Å²) in [5.74, 6) is 0.732. The van der Waals surface area contributed by atoms with E-state index in [9.17, 15) is 4.79 Å². The standard InChI is InChI=1S/C18H19N5O/c24-18-15-3-1-2-4-16(15)20-17(21-18)13-22-9-11-23(12-10-22)14-5-7-19-8-6-14/h1-8H,9-13H2,(H,20,21,24). The summed E-state index contributed by atoms with van der Waals surface area (Å²) in [6, 6.07) is 11.5. The predicted molar refractivity (Wildman–Crippen MR) is 94.1 cm³/mol. The number of piperazine rings is 1. The summed E-state index contributed by atoms with van der Waals surface area (Å²) in [6.45, 7) is 4.48. The lowest BCUT2D eigenvalue weighted by Gasteiger charge is -2.35. The first kappa shape index (κ1) is 14.8. The van der Waals surface area contributed by atoms with Gasteiger partial charge in [0, 0.05) is 44.3 Å². The smallest absolute Gasteiger partial charge is 0.258 e. The Hall–Kier alpha value is -2.73. The zero-order valence-electron chi connectivity index (χ0n) is 13.4. The van der Waals surface area contributed by atoms with Crippen LogP contribution in [0.5, 0.6) is 0 Å². The minimum Gasteiger partial charge on any atom is -0.369 e. The normalized spacial score (nSPS) is 15.8. The average Bonchev–Trinajstić information content (AvgIpc) is 2.63. The van der Waals surface area contributed by atoms with Crippen LogP contribution in [0, 0.1) is 0 Å². The van der Waals surface area contributed by atoms with Crippen LogP contribution < -0.4 is 10.5 Å². The van der Waals surface area contributed by atoms with E-state index in [1.165, 1.54) is 5.69 Å². The van der Waals surface area contributed by atoms with Gasteiger partial charge in [-0.15, -0.1) is 0 Å². The molecule has 3 heterocycles. The Morgan fingerprint density at radius 3 is 2.54 bits per heavy atom. The first-order chi connectivity index (χ1) is 11.8. The highest BCUT2D eigenvalue weighted by molar-refractivity contribution is 5.77. The van der Waals surface area contributed by atoms with E-state index in [1.807, 2.05) is 42.7 Å². The van der Waals surface area contributed by atoms with E-state index in [-0.39, 0.29) is 5.56 Å². The molecule has 0 unspecified atom stereocenters. The topological polar surface area (TPSA) is 65.1 Å². The van der Waals surface area contributed by atoms with Crippen LogP contribution in [0.25, 0.3) is 10.9 Å². The van der Waals surface area contributed by atoms with Crippen LogP contribution in [0.2, 0.25) is 0 Å². The number of nitrogens with zero attached hydrogens (tertiary/aromatic N) is 4. The third-order valence-corrected chi connectivity index (χ3v) is 4.44. The molecular formula is C18H19N5O. The van der Waals surface area contributed by atoms with Crippen molar-refractivity contribution in [3.63, 3.8) is 0 Å². The zero-order valence-corrected chi connectivity index (χ0v) is 13.4. The van der Waals surface area contributed by atoms with E-state index in [0.29, 0.717) is 11.9 Å². The lowest BCUT2D eigenvalue weighted by atomic mass is 10.2. The highest BCUT2D eigenvalue weighted by Crippen LogP contribution is 2.15. The third-order valence-electron chi connectivity index (χ3n) is 4.44. The molecule has 24 heavy (non-hydrogen) atoms. The van der Waals surface area contributed by atoms with Crippen molar-refractivity contribution in [3.8, 4) is 0 Å². The second-order valence-electron chi connectivity index (χ2n) is 6.00. The molecule has 1 N–H and O–H groups in total. The number of H-pyrrole nitrogens is 1. The van der Waals surface area contributed by atoms with Crippen LogP contribution in [0.3, 0.4) is 0 Å². The Morgan fingerprint density at radius 2 is 1.75 bits per heavy atom. The summed E-state index contributed by atoms with van der Waals surface area (Å²) in [6.07, 6.45) is 3.65. The Balaban J connectivity index is 1.45. The van der Waals surface area contributed by atoms with Gasteiger partial charge in [-0.2, -0.15) is 0 Å². The quantitative estimate of drug-likeness (QED) is 0.794. The van der Waals surface area contributed by atoms with Gasteiger partial charge in [-0.3, -0.25) is 14.7 Å². The van der Waals surface area contributed by atoms with Crippen LogP contribution in [0.4, 0.5) is 5.69 Å². The van der Waals surface area contributed by atoms with Gasteiger partial charge in [-0.05, 0) is 24.3 Å². The molecule has 6 heteroatoms. The van der Waals surface area contributed by atoms with Crippen molar-refractivity contribution < 1.29 is 0 Å². The third kappa shape index (κ3) is 3.00. The Morgan fingerprint density at radius 1 is 1.00 bits per heavy atom. The number of hydrogen-bond acceptors (Lipinski definition) is 5. The van der Waals surface area contributed by atoms with E-state index in [1.54, 1.807) is 6.07 Å². The highest BCUT2D eigenvalue weighted by Gasteiger charge is 2.18. The molecule has 0 saturated carbocycles. The van der Waals surface area contributed by atoms with Crippen molar-refractivity contribution in [2.75, 3.05) is 31.1 Å². The van der Waals surface area contributed by atoms with E-state index in [4.69, 9.17) is 0 Å². The van der Waals surface area contributed by atoms with Gasteiger partial charge in [0.05, 0.1) is 17.4 Å². The summed E-state index contributed by atoms with van der Waals surface area (Å²) in [7, 11) is 0. The molecule has 2 aromatic heterocycles. The lowest BCUT2D eigenvalue weighted by molar-refractivity contribution is 0.244. The molecule has 122 valence electrons. The van der Waals surface area contributed by atoms with Gasteiger partial charge >= 0.3 is 0 Å². The molecule has 0 spiro atoms. The number of benzene rings is 1. The van der Waals surface area contributed by atoms with Gasteiger partial charge in [0.15, 0.2) is 0 Å². The molecule has 1 saturated heterocycles. The number of fused-ring (bicyclic) bond motifs is 1. The number of nitrogens with one attached hydrogen (secondary N) is 1. The lowest BCUT2D eigenvalue weighted by Crippen LogP contribution is -2.46. The van der Waals surface area contributed by atoms with E-state index in [0.717, 1.165) is 37.5 Å². The molecule has 3 aromatic rings. The first-order valence-electron chi connectivity index (χ1n) is 8.15. The highest BCUT2D eigenvalue weighted by atomic mass is 16.1. The van der Waals surface area contributed by atoms with Crippen LogP contribution in [0.1, 0.15) is 5.82 Å². The molecule has 4 rings (SSSR count). The van der Waals surface area contributed by atoms with E-state index < -0.39 is 0 Å². The Labute approximate surface area is 139 Å². The predicted octanol–water partition coefficient (Wildman–Crippen LogP) is 1.64. The Kier molecular flexibility index (Phi) is 3.96. The number of pyridine rings is 1. The summed E-state index contributed by atoms with van der Waals surface area (Å²) in [4.78, 5) is 28.4. The summed E-state index contributed by atoms with van der Waals surface area (Å²) >= 11 is 0. The van der Waals surface area contributed by atoms with Gasteiger partial charge in [0.1, 0.15) is 5.82 Å². The van der Waals surface area contributed by atoms with Crippen molar-refractivity contribution in [1.82, 2.24) is 19.9 Å². The molecule has 0 amide bonds. The van der Waals surface area contributed by atoms with Crippen LogP contribution >= 0.6 is 0 Å². The SMILES string of the molecule is O=c1[nH]c(CN2CCN(c3ccncc3)CC2)nc2ccccc12. The molecule has 0 atom stereocenters. The van der Waals surface area contributed by atoms with Crippen LogP contribution in [-0.2, 0) is 6.54 Å². The molecular weight excluding hydrogens is 302 g/mol. The maximum atomic E-state index is 12.2. The minimum atomic E-state index is -0.0639. The molecule has 1 aliphatic heterocycles. The molecule has 0 bridgehead atoms. The summed E-state index contributed by atoms with van der Waals surface area (Å²) in [5.41, 5.74) is 1.90. The summed E-state index contributed by atoms with van der Waals surface area (Å²) in [5, 5.41) is 0.642. The number of aromatic amines is 1. The summed E-state index contributed by atoms with van der Waals surface area (Å²) < 4.78 is 0. The number of rotatable bonds is 3. The van der Waals surface area contributed by atoms with Gasteiger partial charge in [0.25, 0.3) is 5.56 Å². The number of anilines is 1. The number of aromatic nitrogens is 3. The first-order valence-corrected chi connectivity index (χ1v) is 8.15. The fourth-order valence-electron chi connectivity index (χ4n) is 3.14. The fraction of sp³-hybridized carbons (Fsp3) is 0.278. The van der Waals surface area contributed by atoms with Crippen molar-refractivity contribution in [2.24, 2.45) is 0 Å². The molecule has 0 radical (unpaired) electrons.